The van der Waals surface area contributed by atoms with Crippen molar-refractivity contribution in [3.05, 3.63) is 24.3 Å². The molecule has 24 heavy (non-hydrogen) atoms. The molecule has 7 nitrogen and oxygen atoms in total. The van der Waals surface area contributed by atoms with Crippen LogP contribution in [0.2, 0.25) is 0 Å². The van der Waals surface area contributed by atoms with Crippen molar-refractivity contribution in [3.63, 3.8) is 0 Å². The number of nitrogens with zero attached hydrogens (tertiary/aromatic N) is 1. The summed E-state index contributed by atoms with van der Waals surface area (Å²) in [7, 11) is -3.48. The Morgan fingerprint density at radius 2 is 2.17 bits per heavy atom. The van der Waals surface area contributed by atoms with Gasteiger partial charge in [-0.1, -0.05) is 12.1 Å². The van der Waals surface area contributed by atoms with E-state index in [2.05, 4.69) is 5.32 Å². The summed E-state index contributed by atoms with van der Waals surface area (Å²) in [5.41, 5.74) is 0.475. The van der Waals surface area contributed by atoms with Crippen LogP contribution in [0.4, 0.5) is 5.69 Å². The van der Waals surface area contributed by atoms with Gasteiger partial charge in [0, 0.05) is 13.2 Å². The zero-order valence-electron chi connectivity index (χ0n) is 13.6. The van der Waals surface area contributed by atoms with E-state index in [1.54, 1.807) is 31.2 Å². The number of rotatable bonds is 5. The first-order chi connectivity index (χ1) is 11.5. The number of carbonyl (C=O) groups is 1. The van der Waals surface area contributed by atoms with Gasteiger partial charge < -0.3 is 14.8 Å². The van der Waals surface area contributed by atoms with E-state index in [-0.39, 0.29) is 24.3 Å². The maximum absolute atomic E-state index is 12.4. The van der Waals surface area contributed by atoms with E-state index in [9.17, 15) is 13.2 Å². The molecule has 2 aliphatic rings. The van der Waals surface area contributed by atoms with Crippen LogP contribution < -0.4 is 14.4 Å². The molecule has 0 aliphatic carbocycles. The first-order valence-electron chi connectivity index (χ1n) is 8.16. The Labute approximate surface area is 142 Å². The number of nitrogens with one attached hydrogen (secondary N) is 1. The van der Waals surface area contributed by atoms with Gasteiger partial charge in [0.15, 0.2) is 6.10 Å². The lowest BCUT2D eigenvalue weighted by atomic mass is 10.2. The third-order valence-electron chi connectivity index (χ3n) is 4.26. The van der Waals surface area contributed by atoms with E-state index in [1.807, 2.05) is 0 Å². The Bertz CT molecular complexity index is 700. The molecule has 2 atom stereocenters. The first-order valence-corrected chi connectivity index (χ1v) is 9.77. The molecule has 1 fully saturated rings. The second-order valence-electron chi connectivity index (χ2n) is 5.89. The molecule has 8 heteroatoms. The Morgan fingerprint density at radius 1 is 1.38 bits per heavy atom. The number of hydrogen-bond donors (Lipinski definition) is 1. The minimum atomic E-state index is -3.48. The molecular formula is C16H22N2O5S. The molecule has 0 saturated carbocycles. The summed E-state index contributed by atoms with van der Waals surface area (Å²) >= 11 is 0. The topological polar surface area (TPSA) is 84.9 Å². The molecule has 1 aromatic rings. The maximum atomic E-state index is 12.4. The van der Waals surface area contributed by atoms with Crippen LogP contribution in [0.3, 0.4) is 0 Å². The lowest BCUT2D eigenvalue weighted by molar-refractivity contribution is -0.128. The van der Waals surface area contributed by atoms with Crippen molar-refractivity contribution in [2.75, 3.05) is 29.8 Å². The van der Waals surface area contributed by atoms with Crippen molar-refractivity contribution in [1.29, 1.82) is 0 Å². The van der Waals surface area contributed by atoms with E-state index < -0.39 is 16.1 Å². The lowest BCUT2D eigenvalue weighted by Crippen LogP contribution is -2.51. The van der Waals surface area contributed by atoms with Gasteiger partial charge in [-0.3, -0.25) is 9.10 Å². The van der Waals surface area contributed by atoms with Crippen molar-refractivity contribution >= 4 is 21.6 Å². The molecule has 1 aromatic carbocycles. The highest BCUT2D eigenvalue weighted by atomic mass is 32.2. The molecule has 2 aliphatic heterocycles. The molecule has 0 spiro atoms. The standard InChI is InChI=1S/C16H22N2O5S/c1-2-24(20,21)18-11-15(23-14-8-4-3-7-13(14)18)16(19)17-10-12-6-5-9-22-12/h3-4,7-8,12,15H,2,5-6,9-11H2,1H3,(H,17,19). The largest absolute Gasteiger partial charge is 0.476 e. The Hall–Kier alpha value is -1.80. The average Bonchev–Trinajstić information content (AvgIpc) is 3.12. The summed E-state index contributed by atoms with van der Waals surface area (Å²) < 4.78 is 37.2. The monoisotopic (exact) mass is 354 g/mol. The maximum Gasteiger partial charge on any atom is 0.263 e. The number of benzene rings is 1. The van der Waals surface area contributed by atoms with Crippen molar-refractivity contribution in [2.45, 2.75) is 32.0 Å². The van der Waals surface area contributed by atoms with Crippen LogP contribution >= 0.6 is 0 Å². The second-order valence-corrected chi connectivity index (χ2v) is 8.07. The highest BCUT2D eigenvalue weighted by Crippen LogP contribution is 2.35. The molecule has 0 aromatic heterocycles. The molecule has 0 radical (unpaired) electrons. The fourth-order valence-corrected chi connectivity index (χ4v) is 4.02. The zero-order valence-corrected chi connectivity index (χ0v) is 14.4. The second kappa shape index (κ2) is 6.98. The number of anilines is 1. The van der Waals surface area contributed by atoms with E-state index >= 15 is 0 Å². The molecule has 3 rings (SSSR count). The summed E-state index contributed by atoms with van der Waals surface area (Å²) in [5.74, 6) is 0.0420. The SMILES string of the molecule is CCS(=O)(=O)N1CC(C(=O)NCC2CCCO2)Oc2ccccc21. The summed E-state index contributed by atoms with van der Waals surface area (Å²) in [6.45, 7) is 2.70. The van der Waals surface area contributed by atoms with Crippen molar-refractivity contribution < 1.29 is 22.7 Å². The highest BCUT2D eigenvalue weighted by Gasteiger charge is 2.36. The summed E-state index contributed by atoms with van der Waals surface area (Å²) in [6, 6.07) is 6.86. The molecular weight excluding hydrogens is 332 g/mol. The average molecular weight is 354 g/mol. The van der Waals surface area contributed by atoms with Gasteiger partial charge in [0.25, 0.3) is 5.91 Å². The first kappa shape index (κ1) is 17.0. The molecule has 2 unspecified atom stereocenters. The Balaban J connectivity index is 1.75. The minimum absolute atomic E-state index is 0.0233. The van der Waals surface area contributed by atoms with E-state index in [4.69, 9.17) is 9.47 Å². The molecule has 1 amide bonds. The lowest BCUT2D eigenvalue weighted by Gasteiger charge is -2.34. The fourth-order valence-electron chi connectivity index (χ4n) is 2.89. The number of amides is 1. The number of hydrogen-bond acceptors (Lipinski definition) is 5. The van der Waals surface area contributed by atoms with Gasteiger partial charge in [0.2, 0.25) is 10.0 Å². The van der Waals surface area contributed by atoms with Crippen LogP contribution in [0.25, 0.3) is 0 Å². The van der Waals surface area contributed by atoms with Crippen molar-refractivity contribution in [1.82, 2.24) is 5.32 Å². The molecule has 132 valence electrons. The van der Waals surface area contributed by atoms with Crippen LogP contribution in [-0.2, 0) is 19.6 Å². The summed E-state index contributed by atoms with van der Waals surface area (Å²) in [6.07, 6.45) is 1.07. The number of ether oxygens (including phenoxy) is 2. The number of fused-ring (bicyclic) bond motifs is 1. The summed E-state index contributed by atoms with van der Waals surface area (Å²) in [4.78, 5) is 12.4. The Kier molecular flexibility index (Phi) is 4.96. The van der Waals surface area contributed by atoms with Gasteiger partial charge in [0.05, 0.1) is 24.1 Å². The highest BCUT2D eigenvalue weighted by molar-refractivity contribution is 7.92. The molecule has 0 bridgehead atoms. The minimum Gasteiger partial charge on any atom is -0.476 e. The molecule has 1 saturated heterocycles. The quantitative estimate of drug-likeness (QED) is 0.849. The third kappa shape index (κ3) is 3.49. The van der Waals surface area contributed by atoms with Crippen LogP contribution in [0.1, 0.15) is 19.8 Å². The van der Waals surface area contributed by atoms with Gasteiger partial charge in [0.1, 0.15) is 5.75 Å². The van der Waals surface area contributed by atoms with Gasteiger partial charge in [-0.2, -0.15) is 0 Å². The van der Waals surface area contributed by atoms with Crippen LogP contribution in [0.15, 0.2) is 24.3 Å². The van der Waals surface area contributed by atoms with E-state index in [0.717, 1.165) is 19.4 Å². The van der Waals surface area contributed by atoms with Crippen molar-refractivity contribution in [2.24, 2.45) is 0 Å². The smallest absolute Gasteiger partial charge is 0.263 e. The van der Waals surface area contributed by atoms with Crippen molar-refractivity contribution in [3.8, 4) is 5.75 Å². The third-order valence-corrected chi connectivity index (χ3v) is 6.00. The van der Waals surface area contributed by atoms with E-state index in [1.165, 1.54) is 4.31 Å². The van der Waals surface area contributed by atoms with Crippen LogP contribution in [0, 0.1) is 0 Å². The van der Waals surface area contributed by atoms with Gasteiger partial charge in [-0.15, -0.1) is 0 Å². The molecule has 2 heterocycles. The summed E-state index contributed by atoms with van der Waals surface area (Å²) in [5, 5.41) is 2.80. The zero-order chi connectivity index (χ0) is 17.2. The fraction of sp³-hybridized carbons (Fsp3) is 0.562. The number of sulfonamides is 1. The normalized spacial score (nSPS) is 23.5. The molecule has 1 N–H and O–H groups in total. The predicted octanol–water partition coefficient (Wildman–Crippen LogP) is 0.899. The van der Waals surface area contributed by atoms with Crippen LogP contribution in [-0.4, -0.2) is 52.0 Å². The van der Waals surface area contributed by atoms with Gasteiger partial charge in [-0.05, 0) is 31.9 Å². The Morgan fingerprint density at radius 3 is 2.88 bits per heavy atom. The van der Waals surface area contributed by atoms with Crippen LogP contribution in [0.5, 0.6) is 5.75 Å². The number of para-hydroxylation sites is 2. The number of carbonyl (C=O) groups excluding carboxylic acids is 1. The van der Waals surface area contributed by atoms with E-state index in [0.29, 0.717) is 18.0 Å². The predicted molar refractivity (Wildman–Crippen MR) is 89.6 cm³/mol. The van der Waals surface area contributed by atoms with Gasteiger partial charge >= 0.3 is 0 Å². The van der Waals surface area contributed by atoms with Gasteiger partial charge in [-0.25, -0.2) is 8.42 Å².